The smallest absolute Gasteiger partial charge is 0.305 e. The van der Waals surface area contributed by atoms with Gasteiger partial charge in [0.1, 0.15) is 6.61 Å². The first kappa shape index (κ1) is 34.1. The topological polar surface area (TPSA) is 100 Å². The van der Waals surface area contributed by atoms with Gasteiger partial charge in [0.2, 0.25) is 0 Å². The quantitative estimate of drug-likeness (QED) is 0.106. The Morgan fingerprint density at radius 3 is 1.11 bits per heavy atom. The lowest BCUT2D eigenvalue weighted by molar-refractivity contribution is -0.145. The molecule has 35 heavy (non-hydrogen) atoms. The normalized spacial score (nSPS) is 11.3. The molecule has 0 spiro atoms. The molecule has 0 bridgehead atoms. The fourth-order valence-corrected chi connectivity index (χ4v) is 2.67. The fraction of sp³-hybridized carbons (Fsp3) is 0.960. The first-order chi connectivity index (χ1) is 17.3. The van der Waals surface area contributed by atoms with E-state index in [4.69, 9.17) is 42.6 Å². The minimum atomic E-state index is -0.147. The largest absolute Gasteiger partial charge is 0.463 e. The molecule has 0 amide bonds. The summed E-state index contributed by atoms with van der Waals surface area (Å²) in [4.78, 5) is 11.5. The third-order valence-electron chi connectivity index (χ3n) is 4.53. The Bertz CT molecular complexity index is 412. The zero-order chi connectivity index (χ0) is 25.5. The number of carbonyl (C=O) groups is 1. The molecule has 0 aliphatic carbocycles. The maximum Gasteiger partial charge on any atom is 0.305 e. The van der Waals surface area contributed by atoms with Crippen LogP contribution in [0.3, 0.4) is 0 Å². The average Bonchev–Trinajstić information content (AvgIpc) is 2.86. The van der Waals surface area contributed by atoms with Crippen molar-refractivity contribution in [1.82, 2.24) is 0 Å². The standard InChI is InChI=1S/C25H50O10/c1-3-5-6-7-8-25(26)35-24-23-34-22-21-33-20-19-32-18-17-31-16-15-30-14-13-29-12-11-28-10-9-27-4-2/h3-24H2,1-2H3. The minimum Gasteiger partial charge on any atom is -0.463 e. The SMILES string of the molecule is CCCCCCC(=O)OCCOCCOCCOCCOCCOCCOCCOCCOCC. The molecule has 0 fully saturated rings. The molecule has 10 nitrogen and oxygen atoms in total. The molecule has 0 radical (unpaired) electrons. The lowest BCUT2D eigenvalue weighted by Gasteiger charge is -2.09. The van der Waals surface area contributed by atoms with Crippen LogP contribution < -0.4 is 0 Å². The number of rotatable bonds is 30. The van der Waals surface area contributed by atoms with Crippen molar-refractivity contribution in [2.75, 3.05) is 112 Å². The van der Waals surface area contributed by atoms with E-state index in [1.807, 2.05) is 6.92 Å². The Hall–Kier alpha value is -0.850. The van der Waals surface area contributed by atoms with E-state index in [2.05, 4.69) is 6.92 Å². The van der Waals surface area contributed by atoms with E-state index in [1.165, 1.54) is 0 Å². The predicted octanol–water partition coefficient (Wildman–Crippen LogP) is 2.65. The molecular formula is C25H50O10. The zero-order valence-corrected chi connectivity index (χ0v) is 22.1. The first-order valence-electron chi connectivity index (χ1n) is 13.1. The second-order valence-corrected chi connectivity index (χ2v) is 7.51. The van der Waals surface area contributed by atoms with Gasteiger partial charge >= 0.3 is 5.97 Å². The molecule has 0 saturated carbocycles. The van der Waals surface area contributed by atoms with Gasteiger partial charge in [0.15, 0.2) is 0 Å². The van der Waals surface area contributed by atoms with Crippen LogP contribution in [0.25, 0.3) is 0 Å². The van der Waals surface area contributed by atoms with Crippen molar-refractivity contribution in [3.63, 3.8) is 0 Å². The Balaban J connectivity index is 3.07. The number of hydrogen-bond acceptors (Lipinski definition) is 10. The highest BCUT2D eigenvalue weighted by molar-refractivity contribution is 5.69. The highest BCUT2D eigenvalue weighted by Gasteiger charge is 2.02. The molecule has 0 saturated heterocycles. The summed E-state index contributed by atoms with van der Waals surface area (Å²) in [6.45, 7) is 12.9. The van der Waals surface area contributed by atoms with Gasteiger partial charge in [0.25, 0.3) is 0 Å². The molecule has 0 aromatic heterocycles. The molecule has 0 heterocycles. The van der Waals surface area contributed by atoms with Gasteiger partial charge in [0, 0.05) is 13.0 Å². The Labute approximate surface area is 212 Å². The van der Waals surface area contributed by atoms with Crippen LogP contribution >= 0.6 is 0 Å². The van der Waals surface area contributed by atoms with Crippen molar-refractivity contribution in [1.29, 1.82) is 0 Å². The van der Waals surface area contributed by atoms with Crippen LogP contribution in [0.2, 0.25) is 0 Å². The first-order valence-corrected chi connectivity index (χ1v) is 13.1. The van der Waals surface area contributed by atoms with Gasteiger partial charge in [0.05, 0.1) is 99.1 Å². The summed E-state index contributed by atoms with van der Waals surface area (Å²) in [5.41, 5.74) is 0. The Morgan fingerprint density at radius 1 is 0.429 bits per heavy atom. The molecule has 0 aliphatic rings. The predicted molar refractivity (Wildman–Crippen MR) is 132 cm³/mol. The van der Waals surface area contributed by atoms with Crippen molar-refractivity contribution >= 4 is 5.97 Å². The molecule has 0 aromatic carbocycles. The van der Waals surface area contributed by atoms with Crippen LogP contribution in [0.5, 0.6) is 0 Å². The van der Waals surface area contributed by atoms with E-state index in [1.54, 1.807) is 0 Å². The molecule has 0 unspecified atom stereocenters. The van der Waals surface area contributed by atoms with Crippen molar-refractivity contribution in [2.24, 2.45) is 0 Å². The van der Waals surface area contributed by atoms with Crippen molar-refractivity contribution in [3.05, 3.63) is 0 Å². The number of carbonyl (C=O) groups excluding carboxylic acids is 1. The van der Waals surface area contributed by atoms with E-state index in [0.29, 0.717) is 119 Å². The number of unbranched alkanes of at least 4 members (excludes halogenated alkanes) is 3. The lowest BCUT2D eigenvalue weighted by atomic mass is 10.2. The van der Waals surface area contributed by atoms with Gasteiger partial charge < -0.3 is 42.6 Å². The molecule has 0 atom stereocenters. The van der Waals surface area contributed by atoms with E-state index < -0.39 is 0 Å². The van der Waals surface area contributed by atoms with Gasteiger partial charge in [-0.1, -0.05) is 26.2 Å². The lowest BCUT2D eigenvalue weighted by Crippen LogP contribution is -2.15. The number of esters is 1. The molecule has 0 N–H and O–H groups in total. The van der Waals surface area contributed by atoms with Gasteiger partial charge in [-0.3, -0.25) is 4.79 Å². The second-order valence-electron chi connectivity index (χ2n) is 7.51. The number of ether oxygens (including phenoxy) is 9. The minimum absolute atomic E-state index is 0.147. The Morgan fingerprint density at radius 2 is 0.771 bits per heavy atom. The number of hydrogen-bond donors (Lipinski definition) is 0. The molecule has 0 aromatic rings. The van der Waals surface area contributed by atoms with Crippen LogP contribution in [-0.4, -0.2) is 118 Å². The maximum absolute atomic E-state index is 11.5. The van der Waals surface area contributed by atoms with Crippen LogP contribution in [0.1, 0.15) is 46.0 Å². The maximum atomic E-state index is 11.5. The van der Waals surface area contributed by atoms with E-state index in [-0.39, 0.29) is 5.97 Å². The summed E-state index contributed by atoms with van der Waals surface area (Å²) in [7, 11) is 0. The highest BCUT2D eigenvalue weighted by Crippen LogP contribution is 2.03. The summed E-state index contributed by atoms with van der Waals surface area (Å²) >= 11 is 0. The van der Waals surface area contributed by atoms with Crippen molar-refractivity contribution < 1.29 is 47.4 Å². The fourth-order valence-electron chi connectivity index (χ4n) is 2.67. The summed E-state index contributed by atoms with van der Waals surface area (Å²) in [6, 6.07) is 0. The van der Waals surface area contributed by atoms with Crippen LogP contribution in [0.15, 0.2) is 0 Å². The van der Waals surface area contributed by atoms with Gasteiger partial charge in [-0.25, -0.2) is 0 Å². The van der Waals surface area contributed by atoms with Gasteiger partial charge in [-0.05, 0) is 13.3 Å². The van der Waals surface area contributed by atoms with Gasteiger partial charge in [-0.15, -0.1) is 0 Å². The van der Waals surface area contributed by atoms with Crippen molar-refractivity contribution in [3.8, 4) is 0 Å². The molecular weight excluding hydrogens is 460 g/mol. The summed E-state index contributed by atoms with van der Waals surface area (Å²) < 4.78 is 48.1. The van der Waals surface area contributed by atoms with Gasteiger partial charge in [-0.2, -0.15) is 0 Å². The van der Waals surface area contributed by atoms with Crippen LogP contribution in [0, 0.1) is 0 Å². The zero-order valence-electron chi connectivity index (χ0n) is 22.1. The third kappa shape index (κ3) is 31.1. The van der Waals surface area contributed by atoms with E-state index >= 15 is 0 Å². The highest BCUT2D eigenvalue weighted by atomic mass is 16.6. The van der Waals surface area contributed by atoms with E-state index in [9.17, 15) is 4.79 Å². The molecule has 0 aliphatic heterocycles. The monoisotopic (exact) mass is 510 g/mol. The van der Waals surface area contributed by atoms with Crippen LogP contribution in [0.4, 0.5) is 0 Å². The van der Waals surface area contributed by atoms with Crippen molar-refractivity contribution in [2.45, 2.75) is 46.0 Å². The summed E-state index contributed by atoms with van der Waals surface area (Å²) in [5.74, 6) is -0.147. The van der Waals surface area contributed by atoms with Crippen LogP contribution in [-0.2, 0) is 47.4 Å². The molecule has 0 rings (SSSR count). The average molecular weight is 511 g/mol. The van der Waals surface area contributed by atoms with E-state index in [0.717, 1.165) is 25.7 Å². The summed E-state index contributed by atoms with van der Waals surface area (Å²) in [5, 5.41) is 0. The molecule has 210 valence electrons. The molecule has 10 heteroatoms. The summed E-state index contributed by atoms with van der Waals surface area (Å²) in [6.07, 6.45) is 4.79. The third-order valence-corrected chi connectivity index (χ3v) is 4.53. The Kier molecular flexibility index (Phi) is 30.4. The second kappa shape index (κ2) is 31.2.